The first-order valence-corrected chi connectivity index (χ1v) is 6.39. The van der Waals surface area contributed by atoms with Crippen molar-refractivity contribution >= 4 is 21.8 Å². The Morgan fingerprint density at radius 2 is 2.29 bits per heavy atom. The minimum Gasteiger partial charge on any atom is -0.396 e. The Morgan fingerprint density at radius 1 is 1.59 bits per heavy atom. The highest BCUT2D eigenvalue weighted by atomic mass is 79.9. The molecule has 1 aromatic rings. The van der Waals surface area contributed by atoms with Gasteiger partial charge in [0.1, 0.15) is 5.69 Å². The maximum atomic E-state index is 12.3. The van der Waals surface area contributed by atoms with Gasteiger partial charge in [-0.3, -0.25) is 4.79 Å². The summed E-state index contributed by atoms with van der Waals surface area (Å²) in [6.45, 7) is 4.52. The first-order valence-electron chi connectivity index (χ1n) is 5.60. The van der Waals surface area contributed by atoms with Crippen LogP contribution in [0.4, 0.5) is 0 Å². The maximum Gasteiger partial charge on any atom is 0.273 e. The van der Waals surface area contributed by atoms with Crippen LogP contribution in [0.2, 0.25) is 0 Å². The highest BCUT2D eigenvalue weighted by molar-refractivity contribution is 9.10. The van der Waals surface area contributed by atoms with Crippen LogP contribution in [0.15, 0.2) is 22.8 Å². The molecule has 0 saturated heterocycles. The normalized spacial score (nSPS) is 10.6. The summed E-state index contributed by atoms with van der Waals surface area (Å²) in [6, 6.07) is 3.65. The van der Waals surface area contributed by atoms with E-state index in [1.807, 2.05) is 13.8 Å². The zero-order chi connectivity index (χ0) is 12.8. The summed E-state index contributed by atoms with van der Waals surface area (Å²) >= 11 is 3.32. The molecule has 1 N–H and O–H groups in total. The first kappa shape index (κ1) is 14.1. The van der Waals surface area contributed by atoms with E-state index in [0.717, 1.165) is 0 Å². The minimum absolute atomic E-state index is 0.0832. The second-order valence-electron chi connectivity index (χ2n) is 4.00. The predicted octanol–water partition coefficient (Wildman–Crippen LogP) is 2.08. The van der Waals surface area contributed by atoms with E-state index in [0.29, 0.717) is 23.1 Å². The van der Waals surface area contributed by atoms with Gasteiger partial charge in [0, 0.05) is 29.9 Å². The largest absolute Gasteiger partial charge is 0.396 e. The average Bonchev–Trinajstić information content (AvgIpc) is 2.29. The number of halogens is 1. The number of amides is 1. The Kier molecular flexibility index (Phi) is 5.58. The van der Waals surface area contributed by atoms with Gasteiger partial charge in [0.15, 0.2) is 0 Å². The van der Waals surface area contributed by atoms with Crippen LogP contribution in [0.1, 0.15) is 30.8 Å². The van der Waals surface area contributed by atoms with Gasteiger partial charge in [-0.15, -0.1) is 0 Å². The topological polar surface area (TPSA) is 53.4 Å². The van der Waals surface area contributed by atoms with E-state index in [1.54, 1.807) is 23.2 Å². The highest BCUT2D eigenvalue weighted by Crippen LogP contribution is 2.16. The van der Waals surface area contributed by atoms with Gasteiger partial charge in [0.2, 0.25) is 0 Å². The van der Waals surface area contributed by atoms with Crippen LogP contribution >= 0.6 is 15.9 Å². The molecule has 0 atom stereocenters. The van der Waals surface area contributed by atoms with Gasteiger partial charge >= 0.3 is 0 Å². The van der Waals surface area contributed by atoms with Crippen LogP contribution in [0.25, 0.3) is 0 Å². The molecule has 0 aliphatic heterocycles. The third kappa shape index (κ3) is 3.78. The molecule has 94 valence electrons. The average molecular weight is 301 g/mol. The van der Waals surface area contributed by atoms with Crippen LogP contribution in [0.3, 0.4) is 0 Å². The number of carbonyl (C=O) groups excluding carboxylic acids is 1. The van der Waals surface area contributed by atoms with Crippen molar-refractivity contribution in [2.24, 2.45) is 0 Å². The van der Waals surface area contributed by atoms with Crippen LogP contribution in [-0.4, -0.2) is 40.1 Å². The molecule has 0 bridgehead atoms. The van der Waals surface area contributed by atoms with E-state index in [9.17, 15) is 4.79 Å². The molecular formula is C12H17BrN2O2. The van der Waals surface area contributed by atoms with Gasteiger partial charge < -0.3 is 10.0 Å². The van der Waals surface area contributed by atoms with E-state index < -0.39 is 0 Å². The van der Waals surface area contributed by atoms with Gasteiger partial charge in [-0.2, -0.15) is 0 Å². The molecule has 5 heteroatoms. The molecule has 0 aromatic carbocycles. The summed E-state index contributed by atoms with van der Waals surface area (Å²) in [6.07, 6.45) is 2.18. The summed E-state index contributed by atoms with van der Waals surface area (Å²) in [7, 11) is 0. The molecule has 4 nitrogen and oxygen atoms in total. The number of hydrogen-bond donors (Lipinski definition) is 1. The molecule has 0 saturated carbocycles. The number of aromatic nitrogens is 1. The number of nitrogens with zero attached hydrogens (tertiary/aromatic N) is 2. The Hall–Kier alpha value is -0.940. The summed E-state index contributed by atoms with van der Waals surface area (Å²) in [5, 5.41) is 8.84. The number of aliphatic hydroxyl groups excluding tert-OH is 1. The van der Waals surface area contributed by atoms with Crippen LogP contribution in [0, 0.1) is 0 Å². The molecule has 0 fully saturated rings. The van der Waals surface area contributed by atoms with Gasteiger partial charge in [0.05, 0.1) is 0 Å². The smallest absolute Gasteiger partial charge is 0.273 e. The van der Waals surface area contributed by atoms with Crippen LogP contribution < -0.4 is 0 Å². The zero-order valence-corrected chi connectivity index (χ0v) is 11.6. The lowest BCUT2D eigenvalue weighted by Crippen LogP contribution is -2.38. The zero-order valence-electron chi connectivity index (χ0n) is 10.1. The van der Waals surface area contributed by atoms with Crippen molar-refractivity contribution in [2.75, 3.05) is 13.2 Å². The summed E-state index contributed by atoms with van der Waals surface area (Å²) < 4.78 is 0.694. The molecule has 1 rings (SSSR count). The van der Waals surface area contributed by atoms with Crippen molar-refractivity contribution in [1.29, 1.82) is 0 Å². The standard InChI is InChI=1S/C12H17BrN2O2/c1-9(2)15(7-4-8-16)12(17)11-10(13)5-3-6-14-11/h3,5-6,9,16H,4,7-8H2,1-2H3. The van der Waals surface area contributed by atoms with E-state index in [-0.39, 0.29) is 18.6 Å². The van der Waals surface area contributed by atoms with Crippen molar-refractivity contribution in [3.05, 3.63) is 28.5 Å². The Bertz CT molecular complexity index is 383. The van der Waals surface area contributed by atoms with Gasteiger partial charge in [-0.05, 0) is 48.3 Å². The molecule has 0 spiro atoms. The van der Waals surface area contributed by atoms with Crippen molar-refractivity contribution in [2.45, 2.75) is 26.3 Å². The fourth-order valence-electron chi connectivity index (χ4n) is 1.51. The van der Waals surface area contributed by atoms with Crippen molar-refractivity contribution in [1.82, 2.24) is 9.88 Å². The molecule has 0 aliphatic rings. The van der Waals surface area contributed by atoms with Crippen molar-refractivity contribution < 1.29 is 9.90 Å². The summed E-state index contributed by atoms with van der Waals surface area (Å²) in [5.41, 5.74) is 0.416. The molecule has 0 aliphatic carbocycles. The molecular weight excluding hydrogens is 284 g/mol. The molecule has 1 amide bonds. The van der Waals surface area contributed by atoms with Crippen LogP contribution in [0.5, 0.6) is 0 Å². The SMILES string of the molecule is CC(C)N(CCCO)C(=O)c1ncccc1Br. The molecule has 1 aromatic heterocycles. The van der Waals surface area contributed by atoms with E-state index in [1.165, 1.54) is 0 Å². The molecule has 17 heavy (non-hydrogen) atoms. The Balaban J connectivity index is 2.88. The summed E-state index contributed by atoms with van der Waals surface area (Å²) in [5.74, 6) is -0.110. The minimum atomic E-state index is -0.110. The fourth-order valence-corrected chi connectivity index (χ4v) is 1.94. The maximum absolute atomic E-state index is 12.3. The molecule has 0 unspecified atom stereocenters. The van der Waals surface area contributed by atoms with Crippen LogP contribution in [-0.2, 0) is 0 Å². The number of hydrogen-bond acceptors (Lipinski definition) is 3. The second kappa shape index (κ2) is 6.71. The van der Waals surface area contributed by atoms with E-state index in [4.69, 9.17) is 5.11 Å². The number of carbonyl (C=O) groups is 1. The third-order valence-corrected chi connectivity index (χ3v) is 3.04. The van der Waals surface area contributed by atoms with E-state index in [2.05, 4.69) is 20.9 Å². The Morgan fingerprint density at radius 3 is 2.82 bits per heavy atom. The number of pyridine rings is 1. The fraction of sp³-hybridized carbons (Fsp3) is 0.500. The number of rotatable bonds is 5. The lowest BCUT2D eigenvalue weighted by molar-refractivity contribution is 0.0686. The lowest BCUT2D eigenvalue weighted by atomic mass is 10.2. The molecule has 0 radical (unpaired) electrons. The van der Waals surface area contributed by atoms with Crippen molar-refractivity contribution in [3.8, 4) is 0 Å². The van der Waals surface area contributed by atoms with Gasteiger partial charge in [-0.25, -0.2) is 4.98 Å². The Labute approximate surface area is 110 Å². The first-order chi connectivity index (χ1) is 8.07. The van der Waals surface area contributed by atoms with E-state index >= 15 is 0 Å². The lowest BCUT2D eigenvalue weighted by Gasteiger charge is -2.26. The molecule has 1 heterocycles. The number of aliphatic hydroxyl groups is 1. The quantitative estimate of drug-likeness (QED) is 0.906. The van der Waals surface area contributed by atoms with Gasteiger partial charge in [0.25, 0.3) is 5.91 Å². The monoisotopic (exact) mass is 300 g/mol. The van der Waals surface area contributed by atoms with Crippen molar-refractivity contribution in [3.63, 3.8) is 0 Å². The predicted molar refractivity (Wildman–Crippen MR) is 69.8 cm³/mol. The third-order valence-electron chi connectivity index (χ3n) is 2.40. The van der Waals surface area contributed by atoms with Gasteiger partial charge in [-0.1, -0.05) is 0 Å². The summed E-state index contributed by atoms with van der Waals surface area (Å²) in [4.78, 5) is 18.1. The highest BCUT2D eigenvalue weighted by Gasteiger charge is 2.21. The second-order valence-corrected chi connectivity index (χ2v) is 4.86.